The lowest BCUT2D eigenvalue weighted by Crippen LogP contribution is -2.47. The van der Waals surface area contributed by atoms with Crippen LogP contribution in [-0.2, 0) is 0 Å². The molecule has 2 saturated heterocycles. The van der Waals surface area contributed by atoms with Gasteiger partial charge in [0.15, 0.2) is 0 Å². The van der Waals surface area contributed by atoms with Crippen LogP contribution in [0.4, 0.5) is 4.79 Å². The van der Waals surface area contributed by atoms with Crippen molar-refractivity contribution in [2.45, 2.75) is 38.5 Å². The monoisotopic (exact) mass is 250 g/mol. The highest BCUT2D eigenvalue weighted by Gasteiger charge is 2.23. The van der Waals surface area contributed by atoms with Crippen molar-refractivity contribution < 1.29 is 10.3 Å². The molecule has 2 rings (SSSR count). The standard InChI is InChI=1S/C11H20N2O.ClH.H2O/c14-11(12-7-3-1-4-8-12)13-9-5-2-6-10-13;;/h1-10H2;1H;1H2. The summed E-state index contributed by atoms with van der Waals surface area (Å²) in [5.41, 5.74) is 0. The van der Waals surface area contributed by atoms with Crippen molar-refractivity contribution in [3.05, 3.63) is 0 Å². The highest BCUT2D eigenvalue weighted by atomic mass is 35.5. The van der Waals surface area contributed by atoms with Gasteiger partial charge in [-0.05, 0) is 38.5 Å². The maximum absolute atomic E-state index is 12.0. The number of nitrogens with zero attached hydrogens (tertiary/aromatic N) is 2. The minimum atomic E-state index is 0. The molecule has 2 aliphatic rings. The fraction of sp³-hybridized carbons (Fsp3) is 0.909. The summed E-state index contributed by atoms with van der Waals surface area (Å²) in [4.78, 5) is 16.1. The summed E-state index contributed by atoms with van der Waals surface area (Å²) in [7, 11) is 0. The van der Waals surface area contributed by atoms with Crippen molar-refractivity contribution in [2.24, 2.45) is 0 Å². The number of likely N-dealkylation sites (tertiary alicyclic amines) is 2. The van der Waals surface area contributed by atoms with Gasteiger partial charge >= 0.3 is 6.03 Å². The number of rotatable bonds is 0. The molecule has 0 aromatic rings. The van der Waals surface area contributed by atoms with Crippen LogP contribution in [0.25, 0.3) is 0 Å². The second kappa shape index (κ2) is 7.74. The molecule has 96 valence electrons. The van der Waals surface area contributed by atoms with Crippen LogP contribution in [0.2, 0.25) is 0 Å². The largest absolute Gasteiger partial charge is 0.412 e. The van der Waals surface area contributed by atoms with E-state index in [4.69, 9.17) is 0 Å². The van der Waals surface area contributed by atoms with Gasteiger partial charge in [0.25, 0.3) is 0 Å². The molecule has 0 spiro atoms. The molecule has 16 heavy (non-hydrogen) atoms. The third-order valence-corrected chi connectivity index (χ3v) is 3.25. The molecule has 0 atom stereocenters. The zero-order valence-electron chi connectivity index (χ0n) is 9.78. The van der Waals surface area contributed by atoms with Gasteiger partial charge in [-0.3, -0.25) is 0 Å². The predicted octanol–water partition coefficient (Wildman–Crippen LogP) is 1.68. The van der Waals surface area contributed by atoms with E-state index in [0.29, 0.717) is 6.03 Å². The number of hydrogen-bond acceptors (Lipinski definition) is 1. The first-order valence-electron chi connectivity index (χ1n) is 5.92. The van der Waals surface area contributed by atoms with Crippen molar-refractivity contribution in [2.75, 3.05) is 26.2 Å². The lowest BCUT2D eigenvalue weighted by molar-refractivity contribution is 0.135. The predicted molar refractivity (Wildman–Crippen MR) is 67.1 cm³/mol. The lowest BCUT2D eigenvalue weighted by Gasteiger charge is -2.34. The van der Waals surface area contributed by atoms with Crippen LogP contribution in [0.3, 0.4) is 0 Å². The summed E-state index contributed by atoms with van der Waals surface area (Å²) in [6, 6.07) is 0.296. The number of hydrogen-bond donors (Lipinski definition) is 0. The Bertz CT molecular complexity index is 182. The van der Waals surface area contributed by atoms with Gasteiger partial charge in [-0.15, -0.1) is 12.4 Å². The maximum atomic E-state index is 12.0. The number of urea groups is 1. The Morgan fingerprint density at radius 1 is 0.688 bits per heavy atom. The van der Waals surface area contributed by atoms with Crippen LogP contribution in [0.1, 0.15) is 38.5 Å². The summed E-state index contributed by atoms with van der Waals surface area (Å²) in [5.74, 6) is 0. The summed E-state index contributed by atoms with van der Waals surface area (Å²) in [5, 5.41) is 0. The van der Waals surface area contributed by atoms with Crippen LogP contribution in [-0.4, -0.2) is 47.5 Å². The third-order valence-electron chi connectivity index (χ3n) is 3.25. The van der Waals surface area contributed by atoms with Crippen molar-refractivity contribution in [3.8, 4) is 0 Å². The van der Waals surface area contributed by atoms with E-state index in [9.17, 15) is 4.79 Å². The van der Waals surface area contributed by atoms with Crippen molar-refractivity contribution in [3.63, 3.8) is 0 Å². The van der Waals surface area contributed by atoms with Gasteiger partial charge in [0.1, 0.15) is 0 Å². The molecule has 0 unspecified atom stereocenters. The van der Waals surface area contributed by atoms with Gasteiger partial charge < -0.3 is 15.3 Å². The van der Waals surface area contributed by atoms with Crippen LogP contribution >= 0.6 is 12.4 Å². The number of halogens is 1. The minimum Gasteiger partial charge on any atom is -0.412 e. The first-order valence-corrected chi connectivity index (χ1v) is 5.92. The van der Waals surface area contributed by atoms with E-state index < -0.39 is 0 Å². The van der Waals surface area contributed by atoms with Gasteiger partial charge in [0.2, 0.25) is 0 Å². The van der Waals surface area contributed by atoms with E-state index in [1.54, 1.807) is 0 Å². The first kappa shape index (κ1) is 15.5. The van der Waals surface area contributed by atoms with Crippen molar-refractivity contribution in [1.29, 1.82) is 0 Å². The molecule has 0 aliphatic carbocycles. The van der Waals surface area contributed by atoms with Gasteiger partial charge in [-0.25, -0.2) is 4.79 Å². The average Bonchev–Trinajstić information content (AvgIpc) is 2.30. The molecule has 2 heterocycles. The molecule has 0 radical (unpaired) electrons. The summed E-state index contributed by atoms with van der Waals surface area (Å²) in [6.07, 6.45) is 7.37. The Hall–Kier alpha value is -0.480. The average molecular weight is 251 g/mol. The van der Waals surface area contributed by atoms with Crippen molar-refractivity contribution >= 4 is 18.4 Å². The van der Waals surface area contributed by atoms with E-state index >= 15 is 0 Å². The zero-order chi connectivity index (χ0) is 9.80. The molecule has 0 aromatic carbocycles. The fourth-order valence-corrected chi connectivity index (χ4v) is 2.37. The number of piperidine rings is 2. The quantitative estimate of drug-likeness (QED) is 0.645. The zero-order valence-corrected chi connectivity index (χ0v) is 10.6. The molecule has 4 nitrogen and oxygen atoms in total. The normalized spacial score (nSPS) is 20.8. The lowest BCUT2D eigenvalue weighted by atomic mass is 10.1. The first-order chi connectivity index (χ1) is 6.88. The number of amides is 2. The van der Waals surface area contributed by atoms with E-state index in [-0.39, 0.29) is 17.9 Å². The minimum absolute atomic E-state index is 0. The van der Waals surface area contributed by atoms with E-state index in [1.807, 2.05) is 9.80 Å². The Kier molecular flexibility index (Phi) is 7.51. The highest BCUT2D eigenvalue weighted by molar-refractivity contribution is 5.85. The summed E-state index contributed by atoms with van der Waals surface area (Å²) in [6.45, 7) is 3.93. The molecular weight excluding hydrogens is 228 g/mol. The Balaban J connectivity index is 0.00000112. The van der Waals surface area contributed by atoms with Gasteiger partial charge in [-0.1, -0.05) is 0 Å². The molecule has 2 fully saturated rings. The molecule has 2 aliphatic heterocycles. The number of carbonyl (C=O) groups excluding carboxylic acids is 1. The molecule has 5 heteroatoms. The summed E-state index contributed by atoms with van der Waals surface area (Å²) < 4.78 is 0. The number of carbonyl (C=O) groups is 1. The molecule has 2 amide bonds. The molecule has 0 saturated carbocycles. The molecule has 0 aromatic heterocycles. The smallest absolute Gasteiger partial charge is 0.319 e. The van der Waals surface area contributed by atoms with Crippen LogP contribution in [0.5, 0.6) is 0 Å². The molecule has 0 bridgehead atoms. The molecule has 2 N–H and O–H groups in total. The van der Waals surface area contributed by atoms with E-state index in [0.717, 1.165) is 26.2 Å². The van der Waals surface area contributed by atoms with Crippen LogP contribution in [0, 0.1) is 0 Å². The Labute approximate surface area is 104 Å². The topological polar surface area (TPSA) is 55.1 Å². The fourth-order valence-electron chi connectivity index (χ4n) is 2.37. The molecular formula is C11H23ClN2O2. The van der Waals surface area contributed by atoms with Gasteiger partial charge in [0, 0.05) is 26.2 Å². The van der Waals surface area contributed by atoms with Gasteiger partial charge in [0.05, 0.1) is 0 Å². The van der Waals surface area contributed by atoms with Crippen LogP contribution < -0.4 is 0 Å². The third kappa shape index (κ3) is 3.83. The highest BCUT2D eigenvalue weighted by Crippen LogP contribution is 2.15. The second-order valence-electron chi connectivity index (χ2n) is 4.38. The summed E-state index contributed by atoms with van der Waals surface area (Å²) >= 11 is 0. The van der Waals surface area contributed by atoms with Gasteiger partial charge in [-0.2, -0.15) is 0 Å². The van der Waals surface area contributed by atoms with E-state index in [2.05, 4.69) is 0 Å². The maximum Gasteiger partial charge on any atom is 0.319 e. The Morgan fingerprint density at radius 3 is 1.31 bits per heavy atom. The second-order valence-corrected chi connectivity index (χ2v) is 4.38. The van der Waals surface area contributed by atoms with Crippen LogP contribution in [0.15, 0.2) is 0 Å². The Morgan fingerprint density at radius 2 is 1.00 bits per heavy atom. The SMILES string of the molecule is Cl.O.O=C(N1CCCCC1)N1CCCCC1. The van der Waals surface area contributed by atoms with E-state index in [1.165, 1.54) is 38.5 Å². The van der Waals surface area contributed by atoms with Crippen molar-refractivity contribution in [1.82, 2.24) is 9.80 Å².